The molecule has 1 aromatic heterocycles. The van der Waals surface area contributed by atoms with E-state index in [9.17, 15) is 0 Å². The van der Waals surface area contributed by atoms with E-state index in [0.717, 1.165) is 5.58 Å². The smallest absolute Gasteiger partial charge is 0.135 e. The molecule has 3 rings (SSSR count). The molecule has 0 saturated carbocycles. The van der Waals surface area contributed by atoms with Crippen LogP contribution in [0.25, 0.3) is 22.1 Å². The lowest BCUT2D eigenvalue weighted by Gasteiger charge is -1.88. The fraction of sp³-hybridized carbons (Fsp3) is 0. The molecule has 0 N–H and O–H groups in total. The minimum atomic E-state index is 0.973. The van der Waals surface area contributed by atoms with Gasteiger partial charge in [-0.05, 0) is 23.3 Å². The molecule has 0 aromatic carbocycles. The SMILES string of the molecule is c1ccc2cc3occc3c-2cc1. The second kappa shape index (κ2) is 2.36. The number of furan rings is 1. The molecule has 0 amide bonds. The lowest BCUT2D eigenvalue weighted by atomic mass is 10.1. The molecule has 2 aliphatic carbocycles. The Kier molecular flexibility index (Phi) is 1.22. The minimum absolute atomic E-state index is 0.973. The van der Waals surface area contributed by atoms with Crippen LogP contribution in [0, 0.1) is 0 Å². The number of hydrogen-bond acceptors (Lipinski definition) is 1. The Labute approximate surface area is 75.9 Å². The Morgan fingerprint density at radius 3 is 2.85 bits per heavy atom. The summed E-state index contributed by atoms with van der Waals surface area (Å²) in [6.45, 7) is 0. The van der Waals surface area contributed by atoms with E-state index >= 15 is 0 Å². The van der Waals surface area contributed by atoms with E-state index in [-0.39, 0.29) is 0 Å². The van der Waals surface area contributed by atoms with E-state index < -0.39 is 0 Å². The summed E-state index contributed by atoms with van der Waals surface area (Å²) < 4.78 is 5.33. The van der Waals surface area contributed by atoms with Crippen molar-refractivity contribution >= 4 is 11.0 Å². The quantitative estimate of drug-likeness (QED) is 0.500. The molecule has 2 aliphatic rings. The standard InChI is InChI=1S/C12H8O/c1-2-4-9-8-12-11(6-7-13-12)10(9)5-3-1/h1-8H. The lowest BCUT2D eigenvalue weighted by molar-refractivity contribution is 0.616. The van der Waals surface area contributed by atoms with Crippen LogP contribution in [0.3, 0.4) is 0 Å². The summed E-state index contributed by atoms with van der Waals surface area (Å²) in [4.78, 5) is 0. The summed E-state index contributed by atoms with van der Waals surface area (Å²) in [5.74, 6) is 0. The zero-order valence-corrected chi connectivity index (χ0v) is 7.03. The highest BCUT2D eigenvalue weighted by atomic mass is 16.3. The van der Waals surface area contributed by atoms with Crippen LogP contribution in [-0.2, 0) is 0 Å². The van der Waals surface area contributed by atoms with Gasteiger partial charge in [-0.1, -0.05) is 30.3 Å². The van der Waals surface area contributed by atoms with Gasteiger partial charge in [-0.3, -0.25) is 0 Å². The maximum absolute atomic E-state index is 5.33. The predicted octanol–water partition coefficient (Wildman–Crippen LogP) is 3.54. The van der Waals surface area contributed by atoms with Crippen molar-refractivity contribution in [3.05, 3.63) is 48.7 Å². The molecule has 0 spiro atoms. The maximum Gasteiger partial charge on any atom is 0.135 e. The van der Waals surface area contributed by atoms with Crippen LogP contribution in [0.5, 0.6) is 0 Å². The summed E-state index contributed by atoms with van der Waals surface area (Å²) in [5, 5.41) is 1.20. The van der Waals surface area contributed by atoms with Gasteiger partial charge in [0.2, 0.25) is 0 Å². The van der Waals surface area contributed by atoms with E-state index in [2.05, 4.69) is 24.3 Å². The molecule has 0 atom stereocenters. The average Bonchev–Trinajstić information content (AvgIpc) is 2.61. The highest BCUT2D eigenvalue weighted by Crippen LogP contribution is 2.33. The molecular weight excluding hydrogens is 160 g/mol. The molecule has 13 heavy (non-hydrogen) atoms. The third-order valence-corrected chi connectivity index (χ3v) is 2.34. The van der Waals surface area contributed by atoms with Gasteiger partial charge < -0.3 is 4.42 Å². The van der Waals surface area contributed by atoms with Crippen molar-refractivity contribution < 1.29 is 4.42 Å². The number of rotatable bonds is 0. The second-order valence-corrected chi connectivity index (χ2v) is 3.12. The Balaban J connectivity index is 2.54. The van der Waals surface area contributed by atoms with Crippen molar-refractivity contribution in [2.24, 2.45) is 0 Å². The molecule has 0 aliphatic heterocycles. The Morgan fingerprint density at radius 1 is 0.923 bits per heavy atom. The first-order valence-electron chi connectivity index (χ1n) is 4.30. The van der Waals surface area contributed by atoms with Crippen LogP contribution < -0.4 is 0 Å². The van der Waals surface area contributed by atoms with Crippen LogP contribution >= 0.6 is 0 Å². The largest absolute Gasteiger partial charge is 0.464 e. The lowest BCUT2D eigenvalue weighted by Crippen LogP contribution is -1.63. The van der Waals surface area contributed by atoms with Gasteiger partial charge in [-0.25, -0.2) is 0 Å². The zero-order valence-electron chi connectivity index (χ0n) is 7.03. The monoisotopic (exact) mass is 168 g/mol. The maximum atomic E-state index is 5.33. The molecule has 1 aromatic rings. The summed E-state index contributed by atoms with van der Waals surface area (Å²) in [5.41, 5.74) is 3.47. The second-order valence-electron chi connectivity index (χ2n) is 3.12. The van der Waals surface area contributed by atoms with E-state index in [1.54, 1.807) is 6.26 Å². The van der Waals surface area contributed by atoms with Crippen LogP contribution in [0.4, 0.5) is 0 Å². The van der Waals surface area contributed by atoms with E-state index in [1.807, 2.05) is 18.2 Å². The molecule has 0 bridgehead atoms. The van der Waals surface area contributed by atoms with Crippen molar-refractivity contribution in [2.45, 2.75) is 0 Å². The van der Waals surface area contributed by atoms with Gasteiger partial charge in [-0.15, -0.1) is 0 Å². The first-order valence-corrected chi connectivity index (χ1v) is 4.30. The zero-order chi connectivity index (χ0) is 8.67. The Hall–Kier alpha value is -1.76. The van der Waals surface area contributed by atoms with E-state index in [1.165, 1.54) is 16.5 Å². The summed E-state index contributed by atoms with van der Waals surface area (Å²) in [6, 6.07) is 14.4. The van der Waals surface area contributed by atoms with Gasteiger partial charge >= 0.3 is 0 Å². The van der Waals surface area contributed by atoms with Crippen molar-refractivity contribution in [2.75, 3.05) is 0 Å². The molecule has 0 radical (unpaired) electrons. The molecule has 1 heteroatoms. The van der Waals surface area contributed by atoms with Crippen molar-refractivity contribution in [1.82, 2.24) is 0 Å². The van der Waals surface area contributed by atoms with Crippen molar-refractivity contribution in [1.29, 1.82) is 0 Å². The van der Waals surface area contributed by atoms with Crippen molar-refractivity contribution in [3.8, 4) is 11.1 Å². The van der Waals surface area contributed by atoms with Crippen molar-refractivity contribution in [3.63, 3.8) is 0 Å². The van der Waals surface area contributed by atoms with Crippen LogP contribution in [0.15, 0.2) is 53.1 Å². The molecular formula is C12H8O. The van der Waals surface area contributed by atoms with Crippen LogP contribution in [0.2, 0.25) is 0 Å². The predicted molar refractivity (Wildman–Crippen MR) is 52.8 cm³/mol. The Morgan fingerprint density at radius 2 is 1.85 bits per heavy atom. The van der Waals surface area contributed by atoms with Gasteiger partial charge in [0.25, 0.3) is 0 Å². The van der Waals surface area contributed by atoms with Crippen LogP contribution in [0.1, 0.15) is 0 Å². The highest BCUT2D eigenvalue weighted by molar-refractivity contribution is 5.99. The van der Waals surface area contributed by atoms with Gasteiger partial charge in [0.1, 0.15) is 5.58 Å². The van der Waals surface area contributed by atoms with Gasteiger partial charge in [0, 0.05) is 5.39 Å². The molecule has 1 heterocycles. The fourth-order valence-corrected chi connectivity index (χ4v) is 1.73. The van der Waals surface area contributed by atoms with Crippen LogP contribution in [-0.4, -0.2) is 0 Å². The fourth-order valence-electron chi connectivity index (χ4n) is 1.73. The minimum Gasteiger partial charge on any atom is -0.464 e. The first-order chi connectivity index (χ1) is 6.45. The summed E-state index contributed by atoms with van der Waals surface area (Å²) >= 11 is 0. The molecule has 0 saturated heterocycles. The summed E-state index contributed by atoms with van der Waals surface area (Å²) in [6.07, 6.45) is 1.73. The topological polar surface area (TPSA) is 13.1 Å². The highest BCUT2D eigenvalue weighted by Gasteiger charge is 2.09. The molecule has 0 unspecified atom stereocenters. The Bertz CT molecular complexity index is 522. The van der Waals surface area contributed by atoms with Gasteiger partial charge in [0.05, 0.1) is 6.26 Å². The number of fused-ring (bicyclic) bond motifs is 3. The van der Waals surface area contributed by atoms with Gasteiger partial charge in [0.15, 0.2) is 0 Å². The number of hydrogen-bond donors (Lipinski definition) is 0. The average molecular weight is 168 g/mol. The molecule has 62 valence electrons. The third kappa shape index (κ3) is 0.872. The summed E-state index contributed by atoms with van der Waals surface area (Å²) in [7, 11) is 0. The van der Waals surface area contributed by atoms with Gasteiger partial charge in [-0.2, -0.15) is 0 Å². The van der Waals surface area contributed by atoms with E-state index in [4.69, 9.17) is 4.42 Å². The normalized spacial score (nSPS) is 11.1. The molecule has 1 nitrogen and oxygen atoms in total. The first kappa shape index (κ1) is 6.72. The molecule has 0 fully saturated rings. The third-order valence-electron chi connectivity index (χ3n) is 2.34. The van der Waals surface area contributed by atoms with E-state index in [0.29, 0.717) is 0 Å².